The van der Waals surface area contributed by atoms with Gasteiger partial charge in [-0.25, -0.2) is 4.79 Å². The lowest BCUT2D eigenvalue weighted by Crippen LogP contribution is -2.31. The molecule has 0 bridgehead atoms. The first-order valence-corrected chi connectivity index (χ1v) is 8.67. The summed E-state index contributed by atoms with van der Waals surface area (Å²) in [7, 11) is 0. The lowest BCUT2D eigenvalue weighted by atomic mass is 9.71. The van der Waals surface area contributed by atoms with Crippen LogP contribution in [0.5, 0.6) is 0 Å². The van der Waals surface area contributed by atoms with Crippen molar-refractivity contribution >= 4 is 34.9 Å². The second kappa shape index (κ2) is 5.85. The molecule has 0 unspecified atom stereocenters. The van der Waals surface area contributed by atoms with Gasteiger partial charge in [-0.1, -0.05) is 13.8 Å². The van der Waals surface area contributed by atoms with Crippen molar-refractivity contribution in [3.63, 3.8) is 0 Å². The van der Waals surface area contributed by atoms with Gasteiger partial charge in [0.05, 0.1) is 22.6 Å². The molecule has 4 nitrogen and oxygen atoms in total. The highest BCUT2D eigenvalue weighted by Gasteiger charge is 2.41. The number of fused-ring (bicyclic) bond motifs is 1. The molecule has 1 aromatic rings. The fourth-order valence-corrected chi connectivity index (χ4v) is 4.50. The number of aliphatic hydroxyl groups excluding tert-OH is 1. The fraction of sp³-hybridized carbons (Fsp3) is 0.467. The van der Waals surface area contributed by atoms with Crippen LogP contribution in [0, 0.1) is 5.41 Å². The first-order valence-electron chi connectivity index (χ1n) is 6.63. The number of ether oxygens (including phenoxy) is 1. The summed E-state index contributed by atoms with van der Waals surface area (Å²) in [4.78, 5) is 25.3. The lowest BCUT2D eigenvalue weighted by molar-refractivity contribution is 0.0530. The molecule has 6 heteroatoms. The van der Waals surface area contributed by atoms with Crippen LogP contribution in [-0.2, 0) is 11.2 Å². The number of allylic oxidation sites excluding steroid dienone is 1. The van der Waals surface area contributed by atoms with Crippen molar-refractivity contribution in [3.8, 4) is 0 Å². The van der Waals surface area contributed by atoms with Crippen LogP contribution < -0.4 is 0 Å². The minimum atomic E-state index is -0.503. The molecule has 0 saturated carbocycles. The van der Waals surface area contributed by atoms with E-state index in [1.165, 1.54) is 23.1 Å². The Balaban J connectivity index is 2.64. The minimum absolute atomic E-state index is 0.195. The number of esters is 1. The zero-order chi connectivity index (χ0) is 15.8. The average Bonchev–Trinajstić information content (AvgIpc) is 2.76. The van der Waals surface area contributed by atoms with Crippen molar-refractivity contribution in [3.05, 3.63) is 27.8 Å². The highest BCUT2D eigenvalue weighted by molar-refractivity contribution is 8.00. The predicted octanol–water partition coefficient (Wildman–Crippen LogP) is 3.85. The van der Waals surface area contributed by atoms with Gasteiger partial charge < -0.3 is 9.84 Å². The molecule has 2 rings (SSSR count). The van der Waals surface area contributed by atoms with E-state index >= 15 is 0 Å². The number of hydrogen-bond acceptors (Lipinski definition) is 6. The maximum absolute atomic E-state index is 12.6. The van der Waals surface area contributed by atoms with Crippen molar-refractivity contribution in [2.75, 3.05) is 12.9 Å². The van der Waals surface area contributed by atoms with E-state index in [0.717, 1.165) is 16.0 Å². The molecule has 1 aliphatic rings. The number of aliphatic hydroxyl groups is 1. The Kier molecular flexibility index (Phi) is 4.49. The molecule has 0 atom stereocenters. The van der Waals surface area contributed by atoms with Crippen LogP contribution in [0.15, 0.2) is 16.0 Å². The maximum atomic E-state index is 12.6. The van der Waals surface area contributed by atoms with Crippen molar-refractivity contribution in [2.45, 2.75) is 31.4 Å². The van der Waals surface area contributed by atoms with E-state index in [-0.39, 0.29) is 11.8 Å². The molecule has 114 valence electrons. The summed E-state index contributed by atoms with van der Waals surface area (Å²) in [5, 5.41) is 9.41. The molecule has 0 aromatic carbocycles. The van der Waals surface area contributed by atoms with E-state index in [2.05, 4.69) is 0 Å². The standard InChI is InChI=1S/C15H18O4S2/c1-5-19-13(18)12-8-6-15(2,3)9(7-16)11(17)10(8)14(20-4)21-12/h7,16H,5-6H2,1-4H3/b9-7-. The molecule has 1 aromatic heterocycles. The number of carbonyl (C=O) groups excluding carboxylic acids is 2. The Labute approximate surface area is 132 Å². The molecule has 0 radical (unpaired) electrons. The molecule has 21 heavy (non-hydrogen) atoms. The normalized spacial score (nSPS) is 18.7. The van der Waals surface area contributed by atoms with Crippen LogP contribution >= 0.6 is 23.1 Å². The molecule has 0 spiro atoms. The average molecular weight is 326 g/mol. The molecule has 0 fully saturated rings. The van der Waals surface area contributed by atoms with Gasteiger partial charge in [0, 0.05) is 11.0 Å². The Bertz CT molecular complexity index is 626. The van der Waals surface area contributed by atoms with E-state index < -0.39 is 5.41 Å². The molecule has 0 saturated heterocycles. The smallest absolute Gasteiger partial charge is 0.348 e. The van der Waals surface area contributed by atoms with Gasteiger partial charge in [-0.3, -0.25) is 4.79 Å². The van der Waals surface area contributed by atoms with E-state index in [9.17, 15) is 14.7 Å². The van der Waals surface area contributed by atoms with Crippen molar-refractivity contribution < 1.29 is 19.4 Å². The first kappa shape index (κ1) is 16.1. The molecular formula is C15H18O4S2. The van der Waals surface area contributed by atoms with Crippen LogP contribution in [0.3, 0.4) is 0 Å². The quantitative estimate of drug-likeness (QED) is 0.395. The summed E-state index contributed by atoms with van der Waals surface area (Å²) < 4.78 is 5.89. The third-order valence-electron chi connectivity index (χ3n) is 3.57. The second-order valence-corrected chi connectivity index (χ2v) is 7.52. The summed E-state index contributed by atoms with van der Waals surface area (Å²) in [5.74, 6) is -0.570. The third-order valence-corrected chi connectivity index (χ3v) is 5.90. The summed E-state index contributed by atoms with van der Waals surface area (Å²) in [6.07, 6.45) is 3.30. The zero-order valence-corrected chi connectivity index (χ0v) is 14.1. The van der Waals surface area contributed by atoms with Gasteiger partial charge in [0.2, 0.25) is 0 Å². The van der Waals surface area contributed by atoms with Crippen molar-refractivity contribution in [1.29, 1.82) is 0 Å². The number of Topliss-reactive ketones (excluding diaryl/α,β-unsaturated/α-hetero) is 1. The number of rotatable bonds is 3. The lowest BCUT2D eigenvalue weighted by Gasteiger charge is -2.31. The highest BCUT2D eigenvalue weighted by atomic mass is 32.2. The minimum Gasteiger partial charge on any atom is -0.515 e. The monoisotopic (exact) mass is 326 g/mol. The highest BCUT2D eigenvalue weighted by Crippen LogP contribution is 2.46. The molecule has 0 aliphatic heterocycles. The Morgan fingerprint density at radius 1 is 1.52 bits per heavy atom. The molecular weight excluding hydrogens is 308 g/mol. The van der Waals surface area contributed by atoms with E-state index in [1.54, 1.807) is 6.92 Å². The van der Waals surface area contributed by atoms with Gasteiger partial charge in [-0.15, -0.1) is 23.1 Å². The Morgan fingerprint density at radius 2 is 2.19 bits per heavy atom. The summed E-state index contributed by atoms with van der Waals surface area (Å²) >= 11 is 2.74. The number of ketones is 1. The summed E-state index contributed by atoms with van der Waals surface area (Å²) in [6.45, 7) is 5.84. The molecule has 1 aliphatic carbocycles. The van der Waals surface area contributed by atoms with E-state index in [0.29, 0.717) is 29.0 Å². The van der Waals surface area contributed by atoms with E-state index in [4.69, 9.17) is 4.74 Å². The number of thiophene rings is 1. The Hall–Kier alpha value is -1.27. The van der Waals surface area contributed by atoms with Gasteiger partial charge in [0.25, 0.3) is 0 Å². The largest absolute Gasteiger partial charge is 0.515 e. The maximum Gasteiger partial charge on any atom is 0.348 e. The van der Waals surface area contributed by atoms with Crippen LogP contribution in [0.1, 0.15) is 46.4 Å². The number of carbonyl (C=O) groups is 2. The second-order valence-electron chi connectivity index (χ2n) is 5.43. The first-order chi connectivity index (χ1) is 9.87. The number of thioether (sulfide) groups is 1. The SMILES string of the molecule is CCOC(=O)c1sc(SC)c2c1CC(C)(C)/C(=C\O)C2=O. The van der Waals surface area contributed by atoms with Crippen molar-refractivity contribution in [2.24, 2.45) is 5.41 Å². The van der Waals surface area contributed by atoms with Crippen LogP contribution in [0.2, 0.25) is 0 Å². The van der Waals surface area contributed by atoms with Gasteiger partial charge in [-0.05, 0) is 25.2 Å². The van der Waals surface area contributed by atoms with Gasteiger partial charge in [0.1, 0.15) is 4.88 Å². The predicted molar refractivity (Wildman–Crippen MR) is 84.6 cm³/mol. The van der Waals surface area contributed by atoms with Crippen LogP contribution in [0.25, 0.3) is 0 Å². The fourth-order valence-electron chi connectivity index (χ4n) is 2.56. The zero-order valence-electron chi connectivity index (χ0n) is 12.5. The van der Waals surface area contributed by atoms with Crippen LogP contribution in [0.4, 0.5) is 0 Å². The van der Waals surface area contributed by atoms with Gasteiger partial charge >= 0.3 is 5.97 Å². The van der Waals surface area contributed by atoms with Crippen molar-refractivity contribution in [1.82, 2.24) is 0 Å². The topological polar surface area (TPSA) is 63.6 Å². The van der Waals surface area contributed by atoms with E-state index in [1.807, 2.05) is 20.1 Å². The molecule has 0 amide bonds. The molecule has 1 N–H and O–H groups in total. The Morgan fingerprint density at radius 3 is 2.71 bits per heavy atom. The third kappa shape index (κ3) is 2.62. The van der Waals surface area contributed by atoms with Gasteiger partial charge in [-0.2, -0.15) is 0 Å². The summed E-state index contributed by atoms with van der Waals surface area (Å²) in [5.41, 5.74) is 1.19. The van der Waals surface area contributed by atoms with Gasteiger partial charge in [0.15, 0.2) is 5.78 Å². The number of hydrogen-bond donors (Lipinski definition) is 1. The molecule has 1 heterocycles. The summed E-state index contributed by atoms with van der Waals surface area (Å²) in [6, 6.07) is 0. The van der Waals surface area contributed by atoms with Crippen LogP contribution in [-0.4, -0.2) is 29.7 Å².